The van der Waals surface area contributed by atoms with Crippen LogP contribution in [-0.4, -0.2) is 37.0 Å². The Labute approximate surface area is 190 Å². The lowest BCUT2D eigenvalue weighted by Gasteiger charge is -2.31. The maximum absolute atomic E-state index is 13.6. The first kappa shape index (κ1) is 25.2. The van der Waals surface area contributed by atoms with Gasteiger partial charge in [0.15, 0.2) is 0 Å². The quantitative estimate of drug-likeness (QED) is 0.523. The van der Waals surface area contributed by atoms with Crippen molar-refractivity contribution in [1.29, 1.82) is 0 Å². The number of anilines is 3. The van der Waals surface area contributed by atoms with Gasteiger partial charge in [-0.1, -0.05) is 26.8 Å². The Morgan fingerprint density at radius 1 is 1.00 bits per heavy atom. The van der Waals surface area contributed by atoms with Crippen molar-refractivity contribution in [1.82, 2.24) is 4.90 Å². The van der Waals surface area contributed by atoms with Gasteiger partial charge in [0.05, 0.1) is 0 Å². The van der Waals surface area contributed by atoms with Gasteiger partial charge in [-0.15, -0.1) is 0 Å². The van der Waals surface area contributed by atoms with Crippen molar-refractivity contribution in [3.8, 4) is 0 Å². The number of hydrogen-bond donors (Lipinski definition) is 2. The maximum Gasteiger partial charge on any atom is 0.322 e. The summed E-state index contributed by atoms with van der Waals surface area (Å²) in [6.45, 7) is 8.34. The summed E-state index contributed by atoms with van der Waals surface area (Å²) in [5, 5.41) is 5.75. The molecule has 0 fully saturated rings. The van der Waals surface area contributed by atoms with Gasteiger partial charge in [0, 0.05) is 50.2 Å². The second kappa shape index (κ2) is 11.5. The summed E-state index contributed by atoms with van der Waals surface area (Å²) in [5.41, 5.74) is 2.97. The van der Waals surface area contributed by atoms with E-state index in [1.165, 1.54) is 12.1 Å². The van der Waals surface area contributed by atoms with Crippen LogP contribution in [0.25, 0.3) is 0 Å². The number of nitrogens with zero attached hydrogens (tertiary/aromatic N) is 2. The van der Waals surface area contributed by atoms with E-state index in [0.29, 0.717) is 24.3 Å². The van der Waals surface area contributed by atoms with E-state index in [4.69, 9.17) is 0 Å². The Balaban J connectivity index is 2.30. The minimum Gasteiger partial charge on any atom is -0.377 e. The van der Waals surface area contributed by atoms with E-state index >= 15 is 0 Å². The lowest BCUT2D eigenvalue weighted by atomic mass is 10.1. The first-order valence-electron chi connectivity index (χ1n) is 11.0. The van der Waals surface area contributed by atoms with Crippen molar-refractivity contribution in [2.24, 2.45) is 5.92 Å². The minimum atomic E-state index is -0.405. The number of carbonyl (C=O) groups is 2. The Hall–Kier alpha value is -3.09. The van der Waals surface area contributed by atoms with Gasteiger partial charge in [-0.05, 0) is 61.2 Å². The van der Waals surface area contributed by atoms with Crippen LogP contribution in [0.1, 0.15) is 46.1 Å². The number of urea groups is 1. The van der Waals surface area contributed by atoms with Crippen molar-refractivity contribution in [2.75, 3.05) is 29.6 Å². The molecule has 2 N–H and O–H groups in total. The molecule has 1 atom stereocenters. The van der Waals surface area contributed by atoms with Crippen LogP contribution in [0.4, 0.5) is 26.2 Å². The largest absolute Gasteiger partial charge is 0.377 e. The maximum atomic E-state index is 13.6. The Bertz CT molecular complexity index is 930. The number of amides is 3. The summed E-state index contributed by atoms with van der Waals surface area (Å²) in [5.74, 6) is -0.174. The molecule has 2 aromatic carbocycles. The third kappa shape index (κ3) is 7.25. The molecular formula is C25H35FN4O2. The second-order valence-corrected chi connectivity index (χ2v) is 8.71. The van der Waals surface area contributed by atoms with E-state index in [9.17, 15) is 14.0 Å². The van der Waals surface area contributed by atoms with Crippen molar-refractivity contribution in [3.05, 3.63) is 53.8 Å². The molecule has 6 nitrogen and oxygen atoms in total. The molecule has 32 heavy (non-hydrogen) atoms. The molecule has 2 aromatic rings. The zero-order valence-corrected chi connectivity index (χ0v) is 19.9. The SMILES string of the molecule is CCC(C)N(Cc1cc(NC(=O)CC(C)C)ccc1N(C)C)C(=O)Nc1cccc(F)c1. The zero-order valence-electron chi connectivity index (χ0n) is 19.9. The molecule has 0 bridgehead atoms. The Morgan fingerprint density at radius 2 is 1.69 bits per heavy atom. The lowest BCUT2D eigenvalue weighted by molar-refractivity contribution is -0.116. The molecule has 0 aliphatic carbocycles. The molecule has 0 radical (unpaired) electrons. The summed E-state index contributed by atoms with van der Waals surface area (Å²) in [6, 6.07) is 11.2. The van der Waals surface area contributed by atoms with Gasteiger partial charge in [-0.25, -0.2) is 9.18 Å². The molecule has 7 heteroatoms. The second-order valence-electron chi connectivity index (χ2n) is 8.71. The van der Waals surface area contributed by atoms with Gasteiger partial charge in [-0.3, -0.25) is 4.79 Å². The third-order valence-electron chi connectivity index (χ3n) is 5.24. The fourth-order valence-corrected chi connectivity index (χ4v) is 3.40. The minimum absolute atomic E-state index is 0.0359. The first-order valence-corrected chi connectivity index (χ1v) is 11.0. The highest BCUT2D eigenvalue weighted by molar-refractivity contribution is 5.91. The van der Waals surface area contributed by atoms with Crippen LogP contribution in [0.3, 0.4) is 0 Å². The Kier molecular flexibility index (Phi) is 9.05. The van der Waals surface area contributed by atoms with E-state index < -0.39 is 5.82 Å². The smallest absolute Gasteiger partial charge is 0.322 e. The summed E-state index contributed by atoms with van der Waals surface area (Å²) >= 11 is 0. The third-order valence-corrected chi connectivity index (χ3v) is 5.24. The molecule has 0 aromatic heterocycles. The summed E-state index contributed by atoms with van der Waals surface area (Å²) in [7, 11) is 3.88. The number of nitrogens with one attached hydrogen (secondary N) is 2. The predicted molar refractivity (Wildman–Crippen MR) is 130 cm³/mol. The molecule has 0 heterocycles. The van der Waals surface area contributed by atoms with Crippen LogP contribution >= 0.6 is 0 Å². The normalized spacial score (nSPS) is 11.8. The summed E-state index contributed by atoms with van der Waals surface area (Å²) in [4.78, 5) is 29.1. The predicted octanol–water partition coefficient (Wildman–Crippen LogP) is 5.71. The van der Waals surface area contributed by atoms with Gasteiger partial charge < -0.3 is 20.4 Å². The van der Waals surface area contributed by atoms with Gasteiger partial charge in [-0.2, -0.15) is 0 Å². The number of rotatable bonds is 9. The van der Waals surface area contributed by atoms with E-state index in [2.05, 4.69) is 10.6 Å². The molecular weight excluding hydrogens is 407 g/mol. The molecule has 0 spiro atoms. The number of halogens is 1. The van der Waals surface area contributed by atoms with Gasteiger partial charge in [0.2, 0.25) is 5.91 Å². The van der Waals surface area contributed by atoms with Crippen molar-refractivity contribution >= 4 is 29.0 Å². The van der Waals surface area contributed by atoms with Crippen molar-refractivity contribution in [2.45, 2.75) is 53.1 Å². The van der Waals surface area contributed by atoms with E-state index in [0.717, 1.165) is 17.7 Å². The molecule has 0 aliphatic heterocycles. The average Bonchev–Trinajstić information content (AvgIpc) is 2.70. The van der Waals surface area contributed by atoms with Crippen LogP contribution in [0, 0.1) is 11.7 Å². The fourth-order valence-electron chi connectivity index (χ4n) is 3.40. The fraction of sp³-hybridized carbons (Fsp3) is 0.440. The van der Waals surface area contributed by atoms with Crippen molar-refractivity contribution < 1.29 is 14.0 Å². The molecule has 174 valence electrons. The zero-order chi connectivity index (χ0) is 23.8. The first-order chi connectivity index (χ1) is 15.1. The standard InChI is InChI=1S/C25H35FN4O2/c1-7-18(4)30(25(32)28-21-10-8-9-20(26)15-21)16-19-14-22(11-12-23(19)29(5)6)27-24(31)13-17(2)3/h8-12,14-15,17-18H,7,13,16H2,1-6H3,(H,27,31)(H,28,32). The molecule has 0 saturated heterocycles. The average molecular weight is 443 g/mol. The number of carbonyl (C=O) groups excluding carboxylic acids is 2. The number of benzene rings is 2. The van der Waals surface area contributed by atoms with Crippen molar-refractivity contribution in [3.63, 3.8) is 0 Å². The summed E-state index contributed by atoms with van der Waals surface area (Å²) in [6.07, 6.45) is 1.21. The van der Waals surface area contributed by atoms with Crippen LogP contribution in [-0.2, 0) is 11.3 Å². The van der Waals surface area contributed by atoms with E-state index in [1.54, 1.807) is 17.0 Å². The highest BCUT2D eigenvalue weighted by atomic mass is 19.1. The number of hydrogen-bond acceptors (Lipinski definition) is 3. The molecule has 3 amide bonds. The van der Waals surface area contributed by atoms with Gasteiger partial charge in [0.25, 0.3) is 0 Å². The van der Waals surface area contributed by atoms with Crippen LogP contribution < -0.4 is 15.5 Å². The van der Waals surface area contributed by atoms with Crippen LogP contribution in [0.15, 0.2) is 42.5 Å². The molecule has 0 aliphatic rings. The highest BCUT2D eigenvalue weighted by Gasteiger charge is 2.22. The highest BCUT2D eigenvalue weighted by Crippen LogP contribution is 2.26. The van der Waals surface area contributed by atoms with Crippen LogP contribution in [0.5, 0.6) is 0 Å². The van der Waals surface area contributed by atoms with Gasteiger partial charge in [0.1, 0.15) is 5.82 Å². The van der Waals surface area contributed by atoms with Crippen LogP contribution in [0.2, 0.25) is 0 Å². The molecule has 2 rings (SSSR count). The summed E-state index contributed by atoms with van der Waals surface area (Å²) < 4.78 is 13.6. The topological polar surface area (TPSA) is 64.7 Å². The van der Waals surface area contributed by atoms with E-state index in [1.807, 2.05) is 64.9 Å². The molecule has 1 unspecified atom stereocenters. The lowest BCUT2D eigenvalue weighted by Crippen LogP contribution is -2.41. The van der Waals surface area contributed by atoms with Gasteiger partial charge >= 0.3 is 6.03 Å². The van der Waals surface area contributed by atoms with E-state index in [-0.39, 0.29) is 23.9 Å². The molecule has 0 saturated carbocycles. The monoisotopic (exact) mass is 442 g/mol. The Morgan fingerprint density at radius 3 is 2.28 bits per heavy atom.